The Bertz CT molecular complexity index is 315. The van der Waals surface area contributed by atoms with E-state index in [-0.39, 0.29) is 0 Å². The fourth-order valence-corrected chi connectivity index (χ4v) is 1.11. The zero-order chi connectivity index (χ0) is 10.2. The Morgan fingerprint density at radius 3 is 2.64 bits per heavy atom. The maximum atomic E-state index is 5.49. The van der Waals surface area contributed by atoms with E-state index in [0.717, 1.165) is 30.9 Å². The molecular formula is C11H13NOS. The monoisotopic (exact) mass is 207 g/mol. The third kappa shape index (κ3) is 3.69. The molecule has 0 N–H and O–H groups in total. The Kier molecular flexibility index (Phi) is 4.90. The lowest BCUT2D eigenvalue weighted by atomic mass is 10.3. The minimum absolute atomic E-state index is 0.770. The Labute approximate surface area is 89.6 Å². The van der Waals surface area contributed by atoms with E-state index in [1.807, 2.05) is 24.3 Å². The smallest absolute Gasteiger partial charge is 0.119 e. The largest absolute Gasteiger partial charge is 0.494 e. The van der Waals surface area contributed by atoms with Crippen molar-refractivity contribution in [1.29, 1.82) is 0 Å². The van der Waals surface area contributed by atoms with Crippen LogP contribution in [0.25, 0.3) is 0 Å². The molecule has 0 saturated carbocycles. The summed E-state index contributed by atoms with van der Waals surface area (Å²) >= 11 is 4.50. The number of rotatable bonds is 5. The molecule has 0 radical (unpaired) electrons. The lowest BCUT2D eigenvalue weighted by molar-refractivity contribution is 0.309. The second kappa shape index (κ2) is 6.30. The summed E-state index contributed by atoms with van der Waals surface area (Å²) in [4.78, 5) is 3.85. The number of benzene rings is 1. The molecular weight excluding hydrogens is 194 g/mol. The van der Waals surface area contributed by atoms with Crippen molar-refractivity contribution >= 4 is 23.1 Å². The SMILES string of the molecule is CCCCOc1ccc(N=C=S)cc1. The molecule has 0 aliphatic heterocycles. The van der Waals surface area contributed by atoms with E-state index in [9.17, 15) is 0 Å². The highest BCUT2D eigenvalue weighted by atomic mass is 32.1. The minimum atomic E-state index is 0.770. The summed E-state index contributed by atoms with van der Waals surface area (Å²) in [5.41, 5.74) is 0.808. The molecule has 0 aliphatic carbocycles. The average Bonchev–Trinajstić information content (AvgIpc) is 2.21. The first kappa shape index (κ1) is 10.9. The van der Waals surface area contributed by atoms with E-state index in [4.69, 9.17) is 4.74 Å². The fraction of sp³-hybridized carbons (Fsp3) is 0.364. The molecule has 0 aromatic heterocycles. The van der Waals surface area contributed by atoms with E-state index >= 15 is 0 Å². The van der Waals surface area contributed by atoms with Gasteiger partial charge in [0.15, 0.2) is 0 Å². The number of thiocarbonyl (C=S) groups is 1. The summed E-state index contributed by atoms with van der Waals surface area (Å²) < 4.78 is 5.49. The summed E-state index contributed by atoms with van der Waals surface area (Å²) in [6.45, 7) is 2.91. The number of nitrogens with zero attached hydrogens (tertiary/aromatic N) is 1. The molecule has 0 unspecified atom stereocenters. The van der Waals surface area contributed by atoms with E-state index in [2.05, 4.69) is 29.3 Å². The molecule has 0 bridgehead atoms. The normalized spacial score (nSPS) is 9.21. The third-order valence-corrected chi connectivity index (χ3v) is 1.87. The summed E-state index contributed by atoms with van der Waals surface area (Å²) in [6, 6.07) is 7.50. The Morgan fingerprint density at radius 2 is 2.07 bits per heavy atom. The van der Waals surface area contributed by atoms with Gasteiger partial charge in [-0.05, 0) is 42.9 Å². The molecule has 0 fully saturated rings. The molecule has 3 heteroatoms. The van der Waals surface area contributed by atoms with Crippen LogP contribution in [0, 0.1) is 0 Å². The zero-order valence-corrected chi connectivity index (χ0v) is 9.01. The topological polar surface area (TPSA) is 21.6 Å². The van der Waals surface area contributed by atoms with E-state index in [0.29, 0.717) is 0 Å². The van der Waals surface area contributed by atoms with Gasteiger partial charge in [-0.25, -0.2) is 0 Å². The van der Waals surface area contributed by atoms with Gasteiger partial charge in [-0.1, -0.05) is 13.3 Å². The van der Waals surface area contributed by atoms with Gasteiger partial charge in [0, 0.05) is 0 Å². The molecule has 0 spiro atoms. The summed E-state index contributed by atoms with van der Waals surface area (Å²) in [7, 11) is 0. The lowest BCUT2D eigenvalue weighted by Crippen LogP contribution is -1.95. The van der Waals surface area contributed by atoms with Gasteiger partial charge in [0.25, 0.3) is 0 Å². The van der Waals surface area contributed by atoms with Gasteiger partial charge in [-0.15, -0.1) is 0 Å². The molecule has 1 rings (SSSR count). The molecule has 0 heterocycles. The van der Waals surface area contributed by atoms with E-state index in [1.54, 1.807) is 0 Å². The van der Waals surface area contributed by atoms with Crippen molar-refractivity contribution in [3.63, 3.8) is 0 Å². The number of unbranched alkanes of at least 4 members (excludes halogenated alkanes) is 1. The average molecular weight is 207 g/mol. The standard InChI is InChI=1S/C11H13NOS/c1-2-3-8-13-11-6-4-10(5-7-11)12-9-14/h4-7H,2-3,8H2,1H3. The molecule has 2 nitrogen and oxygen atoms in total. The number of isothiocyanates is 1. The summed E-state index contributed by atoms with van der Waals surface area (Å²) in [6.07, 6.45) is 2.23. The highest BCUT2D eigenvalue weighted by molar-refractivity contribution is 7.78. The number of aliphatic imine (C=N–C) groups is 1. The number of hydrogen-bond acceptors (Lipinski definition) is 3. The predicted molar refractivity (Wildman–Crippen MR) is 61.5 cm³/mol. The van der Waals surface area contributed by atoms with Crippen LogP contribution in [0.3, 0.4) is 0 Å². The van der Waals surface area contributed by atoms with Crippen LogP contribution in [0.5, 0.6) is 5.75 Å². The van der Waals surface area contributed by atoms with Crippen LogP contribution >= 0.6 is 12.2 Å². The molecule has 1 aromatic rings. The van der Waals surface area contributed by atoms with Crippen LogP contribution in [0.1, 0.15) is 19.8 Å². The van der Waals surface area contributed by atoms with E-state index in [1.165, 1.54) is 0 Å². The summed E-state index contributed by atoms with van der Waals surface area (Å²) in [5, 5.41) is 2.32. The van der Waals surface area contributed by atoms with Gasteiger partial charge in [-0.3, -0.25) is 0 Å². The van der Waals surface area contributed by atoms with Gasteiger partial charge in [0.1, 0.15) is 5.75 Å². The zero-order valence-electron chi connectivity index (χ0n) is 8.19. The molecule has 14 heavy (non-hydrogen) atoms. The fourth-order valence-electron chi connectivity index (χ4n) is 1.00. The highest BCUT2D eigenvalue weighted by Crippen LogP contribution is 2.17. The van der Waals surface area contributed by atoms with Crippen molar-refractivity contribution in [2.75, 3.05) is 6.61 Å². The van der Waals surface area contributed by atoms with E-state index < -0.39 is 0 Å². The quantitative estimate of drug-likeness (QED) is 0.418. The molecule has 0 aliphatic rings. The third-order valence-electron chi connectivity index (χ3n) is 1.78. The first-order valence-electron chi connectivity index (χ1n) is 4.67. The number of hydrogen-bond donors (Lipinski definition) is 0. The maximum absolute atomic E-state index is 5.49. The maximum Gasteiger partial charge on any atom is 0.119 e. The molecule has 1 aromatic carbocycles. The molecule has 0 amide bonds. The first-order valence-corrected chi connectivity index (χ1v) is 5.08. The Hall–Kier alpha value is -1.18. The summed E-state index contributed by atoms with van der Waals surface area (Å²) in [5.74, 6) is 0.877. The van der Waals surface area contributed by atoms with Crippen LogP contribution in [-0.4, -0.2) is 11.8 Å². The second-order valence-corrected chi connectivity index (χ2v) is 3.08. The first-order chi connectivity index (χ1) is 6.86. The highest BCUT2D eigenvalue weighted by Gasteiger charge is 1.93. The minimum Gasteiger partial charge on any atom is -0.494 e. The Morgan fingerprint density at radius 1 is 1.36 bits per heavy atom. The van der Waals surface area contributed by atoms with Crippen molar-refractivity contribution in [2.45, 2.75) is 19.8 Å². The second-order valence-electron chi connectivity index (χ2n) is 2.90. The van der Waals surface area contributed by atoms with Crippen molar-refractivity contribution in [3.8, 4) is 5.75 Å². The van der Waals surface area contributed by atoms with Crippen LogP contribution in [0.2, 0.25) is 0 Å². The van der Waals surface area contributed by atoms with Crippen molar-refractivity contribution in [1.82, 2.24) is 0 Å². The van der Waals surface area contributed by atoms with Crippen LogP contribution in [0.4, 0.5) is 5.69 Å². The van der Waals surface area contributed by atoms with Gasteiger partial charge >= 0.3 is 0 Å². The van der Waals surface area contributed by atoms with Crippen molar-refractivity contribution < 1.29 is 4.74 Å². The molecule has 74 valence electrons. The van der Waals surface area contributed by atoms with Gasteiger partial charge < -0.3 is 4.74 Å². The Balaban J connectivity index is 2.50. The van der Waals surface area contributed by atoms with Crippen molar-refractivity contribution in [3.05, 3.63) is 24.3 Å². The number of ether oxygens (including phenoxy) is 1. The van der Waals surface area contributed by atoms with Crippen LogP contribution in [0.15, 0.2) is 29.3 Å². The van der Waals surface area contributed by atoms with Crippen LogP contribution in [-0.2, 0) is 0 Å². The van der Waals surface area contributed by atoms with Crippen molar-refractivity contribution in [2.24, 2.45) is 4.99 Å². The lowest BCUT2D eigenvalue weighted by Gasteiger charge is -2.04. The molecule has 0 saturated heterocycles. The predicted octanol–water partition coefficient (Wildman–Crippen LogP) is 3.60. The van der Waals surface area contributed by atoms with Gasteiger partial charge in [0.05, 0.1) is 17.5 Å². The van der Waals surface area contributed by atoms with Gasteiger partial charge in [-0.2, -0.15) is 4.99 Å². The van der Waals surface area contributed by atoms with Crippen LogP contribution < -0.4 is 4.74 Å². The van der Waals surface area contributed by atoms with Gasteiger partial charge in [0.2, 0.25) is 0 Å². The molecule has 0 atom stereocenters.